The molecule has 0 radical (unpaired) electrons. The molecule has 2 aliphatic rings. The van der Waals surface area contributed by atoms with Crippen molar-refractivity contribution < 1.29 is 13.9 Å². The van der Waals surface area contributed by atoms with Gasteiger partial charge in [-0.25, -0.2) is 0 Å². The number of hydrogen-bond acceptors (Lipinski definition) is 4. The molecule has 55 heavy (non-hydrogen) atoms. The van der Waals surface area contributed by atoms with Crippen molar-refractivity contribution in [3.63, 3.8) is 0 Å². The summed E-state index contributed by atoms with van der Waals surface area (Å²) in [5.74, 6) is 2.66. The third kappa shape index (κ3) is 4.99. The number of furan rings is 1. The van der Waals surface area contributed by atoms with Gasteiger partial charge in [0.1, 0.15) is 11.2 Å². The molecule has 8 aromatic carbocycles. The zero-order valence-corrected chi connectivity index (χ0v) is 30.4. The van der Waals surface area contributed by atoms with E-state index in [2.05, 4.69) is 158 Å². The van der Waals surface area contributed by atoms with Crippen molar-refractivity contribution in [2.75, 3.05) is 4.90 Å². The number of rotatable bonds is 5. The zero-order valence-electron chi connectivity index (χ0n) is 30.4. The number of para-hydroxylation sites is 2. The van der Waals surface area contributed by atoms with Crippen molar-refractivity contribution in [1.82, 2.24) is 0 Å². The molecule has 0 saturated heterocycles. The van der Waals surface area contributed by atoms with Crippen LogP contribution in [-0.4, -0.2) is 0 Å². The van der Waals surface area contributed by atoms with Crippen LogP contribution in [0.2, 0.25) is 0 Å². The molecule has 9 aromatic rings. The summed E-state index contributed by atoms with van der Waals surface area (Å²) in [7, 11) is 0. The van der Waals surface area contributed by atoms with Crippen LogP contribution in [0.25, 0.3) is 55.3 Å². The molecular weight excluding hydrogens is 675 g/mol. The second-order valence-corrected chi connectivity index (χ2v) is 14.9. The van der Waals surface area contributed by atoms with Gasteiger partial charge in [-0.1, -0.05) is 129 Å². The molecule has 0 spiro atoms. The normalized spacial score (nSPS) is 13.3. The standard InChI is InChI=1S/C51H35NO3/c1-51(2)43-17-8-6-13-39(43)40-26-24-36(30-44(40)51)52(35-22-19-33(20-23-35)32-11-4-3-5-12-32)37-25-28-47-49(31-37)54-46-27-21-34(29-48(46)53-47)38-15-10-16-42-41-14-7-9-18-45(41)55-50(38)42/h3-31H,1-2H3. The summed E-state index contributed by atoms with van der Waals surface area (Å²) in [6.45, 7) is 4.65. The lowest BCUT2D eigenvalue weighted by molar-refractivity contribution is 0.360. The number of anilines is 3. The number of ether oxygens (including phenoxy) is 2. The molecule has 0 fully saturated rings. The molecule has 0 unspecified atom stereocenters. The van der Waals surface area contributed by atoms with Gasteiger partial charge in [0.15, 0.2) is 23.0 Å². The fourth-order valence-electron chi connectivity index (χ4n) is 8.56. The van der Waals surface area contributed by atoms with E-state index in [-0.39, 0.29) is 5.41 Å². The van der Waals surface area contributed by atoms with E-state index in [9.17, 15) is 0 Å². The Morgan fingerprint density at radius 2 is 1.00 bits per heavy atom. The second kappa shape index (κ2) is 12.0. The van der Waals surface area contributed by atoms with Gasteiger partial charge in [0.2, 0.25) is 0 Å². The first-order valence-electron chi connectivity index (χ1n) is 18.7. The van der Waals surface area contributed by atoms with Gasteiger partial charge in [-0.05, 0) is 93.5 Å². The van der Waals surface area contributed by atoms with Gasteiger partial charge < -0.3 is 18.8 Å². The molecule has 0 amide bonds. The Balaban J connectivity index is 0.978. The Bertz CT molecular complexity index is 2960. The number of benzene rings is 8. The SMILES string of the molecule is CC1(C)c2ccccc2-c2ccc(N(c3ccc(-c4ccccc4)cc3)c3ccc4c(c3)Oc3ccc(-c5cccc6c5oc5ccccc56)cc3O4)cc21. The van der Waals surface area contributed by atoms with Crippen molar-refractivity contribution in [1.29, 1.82) is 0 Å². The van der Waals surface area contributed by atoms with E-state index in [1.165, 1.54) is 33.4 Å². The number of hydrogen-bond donors (Lipinski definition) is 0. The Morgan fingerprint density at radius 1 is 0.400 bits per heavy atom. The third-order valence-electron chi connectivity index (χ3n) is 11.3. The van der Waals surface area contributed by atoms with Crippen LogP contribution in [0.3, 0.4) is 0 Å². The quantitative estimate of drug-likeness (QED) is 0.178. The van der Waals surface area contributed by atoms with Crippen LogP contribution in [0.15, 0.2) is 180 Å². The average molecular weight is 710 g/mol. The van der Waals surface area contributed by atoms with Crippen LogP contribution < -0.4 is 14.4 Å². The molecule has 4 nitrogen and oxygen atoms in total. The van der Waals surface area contributed by atoms with Crippen LogP contribution in [-0.2, 0) is 5.41 Å². The molecule has 1 aromatic heterocycles. The molecule has 1 aliphatic carbocycles. The van der Waals surface area contributed by atoms with Crippen molar-refractivity contribution in [3.8, 4) is 56.4 Å². The first kappa shape index (κ1) is 31.5. The predicted octanol–water partition coefficient (Wildman–Crippen LogP) is 14.6. The van der Waals surface area contributed by atoms with E-state index in [0.717, 1.165) is 50.1 Å². The first-order valence-corrected chi connectivity index (χ1v) is 18.7. The second-order valence-electron chi connectivity index (χ2n) is 14.9. The van der Waals surface area contributed by atoms with Crippen LogP contribution in [0, 0.1) is 0 Å². The van der Waals surface area contributed by atoms with E-state index in [0.29, 0.717) is 23.0 Å². The van der Waals surface area contributed by atoms with Gasteiger partial charge in [0.25, 0.3) is 0 Å². The first-order chi connectivity index (χ1) is 27.0. The van der Waals surface area contributed by atoms with E-state index in [1.807, 2.05) is 36.4 Å². The smallest absolute Gasteiger partial charge is 0.172 e. The van der Waals surface area contributed by atoms with Crippen molar-refractivity contribution >= 4 is 39.0 Å². The van der Waals surface area contributed by atoms with Crippen LogP contribution in [0.4, 0.5) is 17.1 Å². The van der Waals surface area contributed by atoms with Crippen LogP contribution in [0.5, 0.6) is 23.0 Å². The summed E-state index contributed by atoms with van der Waals surface area (Å²) in [6.07, 6.45) is 0. The maximum atomic E-state index is 6.62. The van der Waals surface area contributed by atoms with E-state index < -0.39 is 0 Å². The highest BCUT2D eigenvalue weighted by atomic mass is 16.6. The predicted molar refractivity (Wildman–Crippen MR) is 223 cm³/mol. The van der Waals surface area contributed by atoms with Crippen molar-refractivity contribution in [3.05, 3.63) is 187 Å². The molecule has 4 heteroatoms. The molecule has 2 heterocycles. The maximum Gasteiger partial charge on any atom is 0.172 e. The van der Waals surface area contributed by atoms with Gasteiger partial charge in [-0.3, -0.25) is 0 Å². The summed E-state index contributed by atoms with van der Waals surface area (Å²) in [4.78, 5) is 2.31. The Morgan fingerprint density at radius 3 is 1.85 bits per heavy atom. The summed E-state index contributed by atoms with van der Waals surface area (Å²) < 4.78 is 19.5. The zero-order chi connectivity index (χ0) is 36.7. The highest BCUT2D eigenvalue weighted by Crippen LogP contribution is 2.53. The molecule has 0 saturated carbocycles. The van der Waals surface area contributed by atoms with Gasteiger partial charge >= 0.3 is 0 Å². The summed E-state index contributed by atoms with van der Waals surface area (Å²) in [5, 5.41) is 2.20. The molecular formula is C51H35NO3. The van der Waals surface area contributed by atoms with E-state index in [1.54, 1.807) is 0 Å². The van der Waals surface area contributed by atoms with Crippen LogP contribution in [0.1, 0.15) is 25.0 Å². The monoisotopic (exact) mass is 709 g/mol. The molecule has 0 N–H and O–H groups in total. The number of nitrogens with zero attached hydrogens (tertiary/aromatic N) is 1. The van der Waals surface area contributed by atoms with Gasteiger partial charge in [-0.15, -0.1) is 0 Å². The average Bonchev–Trinajstić information content (AvgIpc) is 3.72. The molecule has 0 atom stereocenters. The lowest BCUT2D eigenvalue weighted by atomic mass is 9.82. The number of fused-ring (bicyclic) bond motifs is 8. The van der Waals surface area contributed by atoms with Crippen molar-refractivity contribution in [2.24, 2.45) is 0 Å². The molecule has 0 bridgehead atoms. The lowest BCUT2D eigenvalue weighted by Gasteiger charge is -2.29. The van der Waals surface area contributed by atoms with Gasteiger partial charge in [0.05, 0.1) is 5.69 Å². The fourth-order valence-corrected chi connectivity index (χ4v) is 8.56. The maximum absolute atomic E-state index is 6.62. The van der Waals surface area contributed by atoms with Crippen molar-refractivity contribution in [2.45, 2.75) is 19.3 Å². The van der Waals surface area contributed by atoms with Gasteiger partial charge in [-0.2, -0.15) is 0 Å². The van der Waals surface area contributed by atoms with E-state index >= 15 is 0 Å². The lowest BCUT2D eigenvalue weighted by Crippen LogP contribution is -2.16. The topological polar surface area (TPSA) is 34.8 Å². The Kier molecular flexibility index (Phi) is 6.86. The summed E-state index contributed by atoms with van der Waals surface area (Å²) >= 11 is 0. The summed E-state index contributed by atoms with van der Waals surface area (Å²) in [6, 6.07) is 61.7. The minimum Gasteiger partial charge on any atom is -0.455 e. The highest BCUT2D eigenvalue weighted by molar-refractivity contribution is 6.09. The Labute approximate surface area is 319 Å². The summed E-state index contributed by atoms with van der Waals surface area (Å²) in [5.41, 5.74) is 14.4. The molecule has 262 valence electrons. The Hall–Kier alpha value is -7.04. The third-order valence-corrected chi connectivity index (χ3v) is 11.3. The fraction of sp³-hybridized carbons (Fsp3) is 0.0588. The van der Waals surface area contributed by atoms with Crippen LogP contribution >= 0.6 is 0 Å². The van der Waals surface area contributed by atoms with E-state index in [4.69, 9.17) is 13.9 Å². The molecule has 1 aliphatic heterocycles. The minimum atomic E-state index is -0.129. The largest absolute Gasteiger partial charge is 0.455 e. The highest BCUT2D eigenvalue weighted by Gasteiger charge is 2.36. The van der Waals surface area contributed by atoms with Gasteiger partial charge in [0, 0.05) is 39.2 Å². The minimum absolute atomic E-state index is 0.129. The molecule has 11 rings (SSSR count).